The fourth-order valence-corrected chi connectivity index (χ4v) is 6.17. The van der Waals surface area contributed by atoms with E-state index in [2.05, 4.69) is 20.2 Å². The predicted octanol–water partition coefficient (Wildman–Crippen LogP) is 6.52. The molecule has 3 aromatic rings. The van der Waals surface area contributed by atoms with Gasteiger partial charge in [0.15, 0.2) is 0 Å². The first kappa shape index (κ1) is 28.3. The number of nitrogens with one attached hydrogen (secondary N) is 1. The number of carbonyl (C=O) groups is 1. The third-order valence-electron chi connectivity index (χ3n) is 8.10. The van der Waals surface area contributed by atoms with Crippen molar-refractivity contribution >= 4 is 11.8 Å². The molecule has 1 saturated carbocycles. The zero-order valence-corrected chi connectivity index (χ0v) is 22.0. The SMILES string of the molecule is O=C(O)c1cnc(N2C3CCC2CC(NCc2c(-c4ccccc4OC(F)(F)F)noc2C2CC2)C3)c(C(F)(F)F)c1. The highest BCUT2D eigenvalue weighted by molar-refractivity contribution is 5.88. The van der Waals surface area contributed by atoms with Gasteiger partial charge in [-0.25, -0.2) is 9.78 Å². The number of para-hydroxylation sites is 1. The molecule has 0 radical (unpaired) electrons. The summed E-state index contributed by atoms with van der Waals surface area (Å²) >= 11 is 0. The molecule has 0 amide bonds. The number of piperidine rings is 1. The van der Waals surface area contributed by atoms with Crippen molar-refractivity contribution in [1.82, 2.24) is 15.5 Å². The molecule has 8 nitrogen and oxygen atoms in total. The van der Waals surface area contributed by atoms with Crippen LogP contribution in [0.4, 0.5) is 32.2 Å². The van der Waals surface area contributed by atoms with Gasteiger partial charge in [0.1, 0.15) is 23.0 Å². The number of carboxylic acids is 1. The first-order valence-electron chi connectivity index (χ1n) is 13.5. The quantitative estimate of drug-likeness (QED) is 0.284. The molecule has 2 atom stereocenters. The Labute approximate surface area is 235 Å². The third-order valence-corrected chi connectivity index (χ3v) is 8.10. The number of nitrogens with zero attached hydrogens (tertiary/aromatic N) is 3. The molecule has 6 rings (SSSR count). The topological polar surface area (TPSA) is 101 Å². The molecule has 2 aromatic heterocycles. The molecule has 4 heterocycles. The molecule has 14 heteroatoms. The number of fused-ring (bicyclic) bond motifs is 2. The number of halogens is 6. The van der Waals surface area contributed by atoms with Crippen LogP contribution >= 0.6 is 0 Å². The molecular weight excluding hydrogens is 570 g/mol. The molecule has 2 bridgehead atoms. The zero-order valence-electron chi connectivity index (χ0n) is 22.0. The van der Waals surface area contributed by atoms with Crippen LogP contribution in [0.2, 0.25) is 0 Å². The summed E-state index contributed by atoms with van der Waals surface area (Å²) < 4.78 is 90.8. The van der Waals surface area contributed by atoms with Crippen LogP contribution < -0.4 is 15.0 Å². The van der Waals surface area contributed by atoms with Crippen molar-refractivity contribution in [3.05, 3.63) is 59.0 Å². The van der Waals surface area contributed by atoms with Gasteiger partial charge >= 0.3 is 18.5 Å². The van der Waals surface area contributed by atoms with E-state index in [0.29, 0.717) is 43.1 Å². The van der Waals surface area contributed by atoms with Crippen molar-refractivity contribution in [2.45, 2.75) is 81.7 Å². The highest BCUT2D eigenvalue weighted by Gasteiger charge is 2.46. The van der Waals surface area contributed by atoms with E-state index in [1.165, 1.54) is 18.2 Å². The van der Waals surface area contributed by atoms with E-state index in [-0.39, 0.29) is 47.7 Å². The van der Waals surface area contributed by atoms with Crippen molar-refractivity contribution in [2.24, 2.45) is 0 Å². The van der Waals surface area contributed by atoms with Crippen LogP contribution in [0, 0.1) is 0 Å². The average Bonchev–Trinajstić information content (AvgIpc) is 3.62. The van der Waals surface area contributed by atoms with E-state index in [4.69, 9.17) is 4.52 Å². The summed E-state index contributed by atoms with van der Waals surface area (Å²) in [5.41, 5.74) is -0.576. The van der Waals surface area contributed by atoms with Crippen LogP contribution in [0.25, 0.3) is 11.3 Å². The van der Waals surface area contributed by atoms with Crippen molar-refractivity contribution in [3.63, 3.8) is 0 Å². The van der Waals surface area contributed by atoms with E-state index < -0.39 is 35.4 Å². The maximum Gasteiger partial charge on any atom is 0.573 e. The van der Waals surface area contributed by atoms with E-state index in [1.807, 2.05) is 0 Å². The molecular formula is C28H26F6N4O4. The van der Waals surface area contributed by atoms with Crippen LogP contribution in [0.1, 0.15) is 71.7 Å². The van der Waals surface area contributed by atoms with Gasteiger partial charge in [-0.15, -0.1) is 13.2 Å². The highest BCUT2D eigenvalue weighted by atomic mass is 19.4. The van der Waals surface area contributed by atoms with Crippen LogP contribution in [-0.4, -0.2) is 45.7 Å². The van der Waals surface area contributed by atoms with Crippen LogP contribution in [0.15, 0.2) is 41.1 Å². The van der Waals surface area contributed by atoms with Crippen molar-refractivity contribution in [2.75, 3.05) is 4.90 Å². The Balaban J connectivity index is 1.22. The van der Waals surface area contributed by atoms with Gasteiger partial charge < -0.3 is 24.6 Å². The molecule has 1 aromatic carbocycles. The van der Waals surface area contributed by atoms with E-state index in [1.54, 1.807) is 11.0 Å². The minimum atomic E-state index is -4.89. The average molecular weight is 597 g/mol. The molecule has 1 aliphatic carbocycles. The number of aromatic nitrogens is 2. The number of hydrogen-bond donors (Lipinski definition) is 2. The van der Waals surface area contributed by atoms with Gasteiger partial charge in [0.2, 0.25) is 0 Å². The Hall–Kier alpha value is -3.81. The summed E-state index contributed by atoms with van der Waals surface area (Å²) in [4.78, 5) is 16.9. The lowest BCUT2D eigenvalue weighted by Gasteiger charge is -2.41. The second-order valence-corrected chi connectivity index (χ2v) is 10.9. The number of rotatable bonds is 8. The van der Waals surface area contributed by atoms with Gasteiger partial charge in [-0.1, -0.05) is 17.3 Å². The standard InChI is InChI=1S/C28H26F6N4O4/c29-27(30,31)21-9-15(26(39)40)12-36-25(21)38-17-7-8-18(38)11-16(10-17)35-13-20-23(37-42-24(20)14-5-6-14)19-3-1-2-4-22(19)41-28(32,33)34/h1-4,9,12,14,16-18,35H,5-8,10-11,13H2,(H,39,40). The summed E-state index contributed by atoms with van der Waals surface area (Å²) in [5.74, 6) is -1.42. The molecule has 224 valence electrons. The van der Waals surface area contributed by atoms with Crippen LogP contribution in [0.5, 0.6) is 5.75 Å². The molecule has 3 aliphatic rings. The number of aromatic carboxylic acids is 1. The van der Waals surface area contributed by atoms with Gasteiger partial charge in [-0.2, -0.15) is 13.2 Å². The van der Waals surface area contributed by atoms with Gasteiger partial charge in [0.05, 0.1) is 11.1 Å². The Kier molecular flexibility index (Phi) is 7.06. The zero-order chi connectivity index (χ0) is 29.8. The fourth-order valence-electron chi connectivity index (χ4n) is 6.17. The molecule has 2 saturated heterocycles. The van der Waals surface area contributed by atoms with Crippen LogP contribution in [-0.2, 0) is 12.7 Å². The maximum absolute atomic E-state index is 13.9. The molecule has 2 unspecified atom stereocenters. The molecule has 2 aliphatic heterocycles. The van der Waals surface area contributed by atoms with E-state index in [0.717, 1.165) is 19.0 Å². The van der Waals surface area contributed by atoms with Crippen molar-refractivity contribution < 1.29 is 45.5 Å². The lowest BCUT2D eigenvalue weighted by atomic mass is 9.95. The molecule has 42 heavy (non-hydrogen) atoms. The monoisotopic (exact) mass is 596 g/mol. The lowest BCUT2D eigenvalue weighted by molar-refractivity contribution is -0.274. The van der Waals surface area contributed by atoms with Gasteiger partial charge in [-0.3, -0.25) is 0 Å². The third kappa shape index (κ3) is 5.63. The van der Waals surface area contributed by atoms with Gasteiger partial charge in [0, 0.05) is 47.9 Å². The molecule has 0 spiro atoms. The Morgan fingerprint density at radius 2 is 1.76 bits per heavy atom. The Bertz CT molecular complexity index is 1470. The summed E-state index contributed by atoms with van der Waals surface area (Å²) in [7, 11) is 0. The second-order valence-electron chi connectivity index (χ2n) is 10.9. The maximum atomic E-state index is 13.9. The predicted molar refractivity (Wildman–Crippen MR) is 136 cm³/mol. The van der Waals surface area contributed by atoms with Crippen molar-refractivity contribution in [1.29, 1.82) is 0 Å². The number of benzene rings is 1. The fraction of sp³-hybridized carbons (Fsp3) is 0.464. The van der Waals surface area contributed by atoms with Crippen molar-refractivity contribution in [3.8, 4) is 17.0 Å². The first-order valence-corrected chi connectivity index (χ1v) is 13.5. The first-order chi connectivity index (χ1) is 19.9. The number of carboxylic acid groups (broad SMARTS) is 1. The van der Waals surface area contributed by atoms with Gasteiger partial charge in [0.25, 0.3) is 0 Å². The summed E-state index contributed by atoms with van der Waals surface area (Å²) in [6.07, 6.45) is -4.67. The molecule has 3 fully saturated rings. The molecule has 2 N–H and O–H groups in total. The number of anilines is 1. The summed E-state index contributed by atoms with van der Waals surface area (Å²) in [6, 6.07) is 5.74. The van der Waals surface area contributed by atoms with Crippen LogP contribution in [0.3, 0.4) is 0 Å². The smallest absolute Gasteiger partial charge is 0.478 e. The minimum absolute atomic E-state index is 0.0946. The summed E-state index contributed by atoms with van der Waals surface area (Å²) in [5, 5.41) is 16.8. The largest absolute Gasteiger partial charge is 0.573 e. The Morgan fingerprint density at radius 1 is 1.07 bits per heavy atom. The van der Waals surface area contributed by atoms with E-state index in [9.17, 15) is 36.2 Å². The lowest BCUT2D eigenvalue weighted by Crippen LogP contribution is -2.50. The normalized spacial score (nSPS) is 22.4. The van der Waals surface area contributed by atoms with Gasteiger partial charge in [-0.05, 0) is 56.7 Å². The number of ether oxygens (including phenoxy) is 1. The second kappa shape index (κ2) is 10.5. The highest BCUT2D eigenvalue weighted by Crippen LogP contribution is 2.47. The number of hydrogen-bond acceptors (Lipinski definition) is 7. The summed E-state index contributed by atoms with van der Waals surface area (Å²) in [6.45, 7) is 0.245. The van der Waals surface area contributed by atoms with E-state index >= 15 is 0 Å². The number of pyridine rings is 1. The minimum Gasteiger partial charge on any atom is -0.478 e. The number of alkyl halides is 6. The Morgan fingerprint density at radius 3 is 2.38 bits per heavy atom.